The number of piperidine rings is 2. The molecule has 4 heterocycles. The molecule has 1 N–H and O–H groups in total. The van der Waals surface area contributed by atoms with Crippen molar-refractivity contribution in [3.63, 3.8) is 0 Å². The number of nitrogens with one attached hydrogen (secondary N) is 1. The molecule has 2 aliphatic heterocycles. The van der Waals surface area contributed by atoms with E-state index >= 15 is 0 Å². The minimum atomic E-state index is 0.127. The number of amides is 1. The molecule has 4 rings (SSSR count). The summed E-state index contributed by atoms with van der Waals surface area (Å²) in [6.45, 7) is 6.00. The summed E-state index contributed by atoms with van der Waals surface area (Å²) in [4.78, 5) is 26.1. The molecule has 2 fully saturated rings. The molecule has 2 aromatic rings. The van der Waals surface area contributed by atoms with Crippen LogP contribution in [0.25, 0.3) is 0 Å². The van der Waals surface area contributed by atoms with Crippen molar-refractivity contribution in [3.05, 3.63) is 60.2 Å². The Labute approximate surface area is 179 Å². The molecule has 6 heteroatoms. The van der Waals surface area contributed by atoms with Crippen molar-refractivity contribution in [2.24, 2.45) is 5.92 Å². The fourth-order valence-corrected chi connectivity index (χ4v) is 4.76. The third-order valence-corrected chi connectivity index (χ3v) is 6.49. The van der Waals surface area contributed by atoms with Crippen molar-refractivity contribution in [1.82, 2.24) is 25.1 Å². The Morgan fingerprint density at radius 2 is 1.83 bits per heavy atom. The minimum Gasteiger partial charge on any atom is -0.355 e. The van der Waals surface area contributed by atoms with Crippen molar-refractivity contribution in [2.45, 2.75) is 44.7 Å². The van der Waals surface area contributed by atoms with Crippen LogP contribution >= 0.6 is 0 Å². The molecular weight excluding hydrogens is 374 g/mol. The zero-order chi connectivity index (χ0) is 20.6. The van der Waals surface area contributed by atoms with Crippen LogP contribution in [0.2, 0.25) is 0 Å². The molecule has 30 heavy (non-hydrogen) atoms. The smallest absolute Gasteiger partial charge is 0.224 e. The van der Waals surface area contributed by atoms with Crippen LogP contribution in [0.4, 0.5) is 0 Å². The summed E-state index contributed by atoms with van der Waals surface area (Å²) < 4.78 is 0. The standard InChI is InChI=1S/C24H33N5O/c30-24(27-13-7-20-3-1-10-26-17-20)22-4-2-14-29(19-22)23-8-15-28(16-9-23)18-21-5-11-25-12-6-21/h1,3,5-6,10-12,17,22-23H,2,4,7-9,13-16,18-19H2,(H,27,30)/t22-/m0/s1. The molecule has 0 unspecified atom stereocenters. The van der Waals surface area contributed by atoms with Crippen LogP contribution in [-0.4, -0.2) is 64.4 Å². The molecule has 0 spiro atoms. The van der Waals surface area contributed by atoms with Gasteiger partial charge in [-0.1, -0.05) is 6.07 Å². The maximum absolute atomic E-state index is 12.7. The normalized spacial score (nSPS) is 21.4. The zero-order valence-corrected chi connectivity index (χ0v) is 17.7. The summed E-state index contributed by atoms with van der Waals surface area (Å²) in [6, 6.07) is 8.83. The summed E-state index contributed by atoms with van der Waals surface area (Å²) in [5, 5.41) is 3.15. The van der Waals surface area contributed by atoms with Crippen molar-refractivity contribution in [1.29, 1.82) is 0 Å². The number of carbonyl (C=O) groups excluding carboxylic acids is 1. The van der Waals surface area contributed by atoms with Crippen LogP contribution < -0.4 is 5.32 Å². The lowest BCUT2D eigenvalue weighted by molar-refractivity contribution is -0.127. The topological polar surface area (TPSA) is 61.4 Å². The first-order chi connectivity index (χ1) is 14.8. The van der Waals surface area contributed by atoms with E-state index in [1.54, 1.807) is 6.20 Å². The van der Waals surface area contributed by atoms with Gasteiger partial charge >= 0.3 is 0 Å². The molecule has 1 atom stereocenters. The Balaban J connectivity index is 1.20. The second-order valence-electron chi connectivity index (χ2n) is 8.60. The maximum Gasteiger partial charge on any atom is 0.224 e. The number of nitrogens with zero attached hydrogens (tertiary/aromatic N) is 4. The van der Waals surface area contributed by atoms with Gasteiger partial charge in [-0.15, -0.1) is 0 Å². The number of hydrogen-bond acceptors (Lipinski definition) is 5. The van der Waals surface area contributed by atoms with Crippen molar-refractivity contribution in [2.75, 3.05) is 32.7 Å². The molecule has 160 valence electrons. The highest BCUT2D eigenvalue weighted by molar-refractivity contribution is 5.79. The molecule has 0 radical (unpaired) electrons. The first-order valence-corrected chi connectivity index (χ1v) is 11.3. The van der Waals surface area contributed by atoms with Gasteiger partial charge in [0.05, 0.1) is 5.92 Å². The molecule has 0 saturated carbocycles. The lowest BCUT2D eigenvalue weighted by Crippen LogP contribution is -2.50. The van der Waals surface area contributed by atoms with E-state index in [0.29, 0.717) is 12.6 Å². The minimum absolute atomic E-state index is 0.127. The van der Waals surface area contributed by atoms with E-state index in [4.69, 9.17) is 0 Å². The zero-order valence-electron chi connectivity index (χ0n) is 17.7. The Morgan fingerprint density at radius 1 is 1.00 bits per heavy atom. The molecule has 0 aromatic carbocycles. The van der Waals surface area contributed by atoms with Crippen molar-refractivity contribution >= 4 is 5.91 Å². The molecular formula is C24H33N5O. The van der Waals surface area contributed by atoms with Gasteiger partial charge in [0, 0.05) is 50.5 Å². The lowest BCUT2D eigenvalue weighted by Gasteiger charge is -2.42. The number of carbonyl (C=O) groups is 1. The molecule has 0 aliphatic carbocycles. The molecule has 2 saturated heterocycles. The van der Waals surface area contributed by atoms with E-state index in [1.807, 2.05) is 24.7 Å². The van der Waals surface area contributed by atoms with E-state index in [1.165, 1.54) is 24.0 Å². The number of pyridine rings is 2. The van der Waals surface area contributed by atoms with E-state index < -0.39 is 0 Å². The number of rotatable bonds is 7. The fraction of sp³-hybridized carbons (Fsp3) is 0.542. The molecule has 2 aliphatic rings. The number of aromatic nitrogens is 2. The van der Waals surface area contributed by atoms with Crippen LogP contribution in [0, 0.1) is 5.92 Å². The highest BCUT2D eigenvalue weighted by atomic mass is 16.1. The van der Waals surface area contributed by atoms with Crippen molar-refractivity contribution in [3.8, 4) is 0 Å². The second kappa shape index (κ2) is 10.6. The lowest BCUT2D eigenvalue weighted by atomic mass is 9.93. The van der Waals surface area contributed by atoms with Gasteiger partial charge in [0.25, 0.3) is 0 Å². The van der Waals surface area contributed by atoms with Crippen LogP contribution in [-0.2, 0) is 17.8 Å². The molecule has 6 nitrogen and oxygen atoms in total. The quantitative estimate of drug-likeness (QED) is 0.764. The third-order valence-electron chi connectivity index (χ3n) is 6.49. The monoisotopic (exact) mass is 407 g/mol. The van der Waals surface area contributed by atoms with Gasteiger partial charge in [-0.3, -0.25) is 24.6 Å². The van der Waals surface area contributed by atoms with Gasteiger partial charge in [-0.05, 0) is 81.1 Å². The SMILES string of the molecule is O=C(NCCc1cccnc1)[C@H]1CCCN(C2CCN(Cc3ccncc3)CC2)C1. The average molecular weight is 408 g/mol. The summed E-state index contributed by atoms with van der Waals surface area (Å²) in [6.07, 6.45) is 12.8. The van der Waals surface area contributed by atoms with Gasteiger partial charge in [-0.25, -0.2) is 0 Å². The van der Waals surface area contributed by atoms with Crippen LogP contribution in [0.1, 0.15) is 36.8 Å². The predicted octanol–water partition coefficient (Wildman–Crippen LogP) is 2.51. The van der Waals surface area contributed by atoms with E-state index in [-0.39, 0.29) is 11.8 Å². The van der Waals surface area contributed by atoms with Gasteiger partial charge < -0.3 is 5.32 Å². The Kier molecular flexibility index (Phi) is 7.43. The highest BCUT2D eigenvalue weighted by Crippen LogP contribution is 2.24. The van der Waals surface area contributed by atoms with Gasteiger partial charge in [-0.2, -0.15) is 0 Å². The average Bonchev–Trinajstić information content (AvgIpc) is 2.81. The van der Waals surface area contributed by atoms with Crippen LogP contribution in [0.15, 0.2) is 49.1 Å². The van der Waals surface area contributed by atoms with Gasteiger partial charge in [0.1, 0.15) is 0 Å². The second-order valence-corrected chi connectivity index (χ2v) is 8.60. The van der Waals surface area contributed by atoms with Crippen molar-refractivity contribution < 1.29 is 4.79 Å². The highest BCUT2D eigenvalue weighted by Gasteiger charge is 2.31. The van der Waals surface area contributed by atoms with Crippen LogP contribution in [0.3, 0.4) is 0 Å². The molecule has 0 bridgehead atoms. The fourth-order valence-electron chi connectivity index (χ4n) is 4.76. The summed E-state index contributed by atoms with van der Waals surface area (Å²) in [5.74, 6) is 0.348. The van der Waals surface area contributed by atoms with Crippen LogP contribution in [0.5, 0.6) is 0 Å². The maximum atomic E-state index is 12.7. The third kappa shape index (κ3) is 5.86. The van der Waals surface area contributed by atoms with E-state index in [0.717, 1.165) is 52.0 Å². The van der Waals surface area contributed by atoms with E-state index in [9.17, 15) is 4.79 Å². The Hall–Kier alpha value is -2.31. The molecule has 1 amide bonds. The largest absolute Gasteiger partial charge is 0.355 e. The predicted molar refractivity (Wildman–Crippen MR) is 118 cm³/mol. The number of hydrogen-bond donors (Lipinski definition) is 1. The summed E-state index contributed by atoms with van der Waals surface area (Å²) in [7, 11) is 0. The first kappa shape index (κ1) is 20.9. The Bertz CT molecular complexity index is 777. The first-order valence-electron chi connectivity index (χ1n) is 11.3. The summed E-state index contributed by atoms with van der Waals surface area (Å²) >= 11 is 0. The summed E-state index contributed by atoms with van der Waals surface area (Å²) in [5.41, 5.74) is 2.51. The molecule has 2 aromatic heterocycles. The van der Waals surface area contributed by atoms with E-state index in [2.05, 4.69) is 43.3 Å². The number of likely N-dealkylation sites (tertiary alicyclic amines) is 2. The van der Waals surface area contributed by atoms with Gasteiger partial charge in [0.2, 0.25) is 5.91 Å². The van der Waals surface area contributed by atoms with Gasteiger partial charge in [0.15, 0.2) is 0 Å². The Morgan fingerprint density at radius 3 is 2.60 bits per heavy atom.